The summed E-state index contributed by atoms with van der Waals surface area (Å²) in [6.07, 6.45) is 1.90. The van der Waals surface area contributed by atoms with Crippen LogP contribution in [0, 0.1) is 18.7 Å². The summed E-state index contributed by atoms with van der Waals surface area (Å²) in [6.45, 7) is 5.99. The van der Waals surface area contributed by atoms with E-state index in [-0.39, 0.29) is 35.9 Å². The number of likely N-dealkylation sites (tertiary alicyclic amines) is 1. The standard InChI is InChI=1S/C26H32FN5O5/c1-15-29-19(12-21(30-15)24(33)28-14-16-5-6-18(27)23(11-16)36-4)20-13-22(37-31-20)17-7-9-32(10-8-17)25(34)26(2,3)35/h5-6,11-12,17,22,35H,7-10,13-14H2,1-4H3,(H,28,33). The van der Waals surface area contributed by atoms with Crippen molar-refractivity contribution in [2.24, 2.45) is 11.1 Å². The lowest BCUT2D eigenvalue weighted by atomic mass is 9.88. The highest BCUT2D eigenvalue weighted by molar-refractivity contribution is 6.02. The van der Waals surface area contributed by atoms with Gasteiger partial charge < -0.3 is 24.9 Å². The summed E-state index contributed by atoms with van der Waals surface area (Å²) >= 11 is 0. The Bertz CT molecular complexity index is 1200. The number of halogens is 1. The van der Waals surface area contributed by atoms with Crippen molar-refractivity contribution in [3.63, 3.8) is 0 Å². The molecule has 0 radical (unpaired) electrons. The number of methoxy groups -OCH3 is 1. The number of benzene rings is 1. The van der Waals surface area contributed by atoms with Crippen molar-refractivity contribution in [3.05, 3.63) is 52.9 Å². The van der Waals surface area contributed by atoms with Crippen molar-refractivity contribution in [2.45, 2.75) is 58.3 Å². The van der Waals surface area contributed by atoms with Crippen LogP contribution in [-0.4, -0.2) is 69.4 Å². The molecule has 1 unspecified atom stereocenters. The fraction of sp³-hybridized carbons (Fsp3) is 0.500. The number of amides is 2. The summed E-state index contributed by atoms with van der Waals surface area (Å²) in [4.78, 5) is 41.3. The molecule has 10 nitrogen and oxygen atoms in total. The zero-order valence-corrected chi connectivity index (χ0v) is 21.5. The first-order valence-electron chi connectivity index (χ1n) is 12.3. The van der Waals surface area contributed by atoms with Gasteiger partial charge in [-0.25, -0.2) is 14.4 Å². The summed E-state index contributed by atoms with van der Waals surface area (Å²) < 4.78 is 18.6. The first-order chi connectivity index (χ1) is 17.5. The number of carbonyl (C=O) groups excluding carboxylic acids is 2. The number of nitrogens with one attached hydrogen (secondary N) is 1. The maximum Gasteiger partial charge on any atom is 0.270 e. The molecule has 4 rings (SSSR count). The minimum absolute atomic E-state index is 0.107. The number of aromatic nitrogens is 2. The molecule has 11 heteroatoms. The minimum atomic E-state index is -1.38. The third-order valence-electron chi connectivity index (χ3n) is 6.60. The van der Waals surface area contributed by atoms with Crippen LogP contribution in [0.25, 0.3) is 0 Å². The topological polar surface area (TPSA) is 126 Å². The molecule has 1 atom stereocenters. The van der Waals surface area contributed by atoms with Crippen molar-refractivity contribution >= 4 is 17.5 Å². The average molecular weight is 514 g/mol. The van der Waals surface area contributed by atoms with Gasteiger partial charge in [0.1, 0.15) is 28.9 Å². The third-order valence-corrected chi connectivity index (χ3v) is 6.60. The predicted octanol–water partition coefficient (Wildman–Crippen LogP) is 2.37. The van der Waals surface area contributed by atoms with Gasteiger partial charge in [-0.1, -0.05) is 11.2 Å². The van der Waals surface area contributed by atoms with Gasteiger partial charge in [-0.05, 0) is 57.4 Å². The molecular weight excluding hydrogens is 481 g/mol. The van der Waals surface area contributed by atoms with Gasteiger partial charge in [-0.2, -0.15) is 0 Å². The van der Waals surface area contributed by atoms with E-state index in [0.29, 0.717) is 42.3 Å². The van der Waals surface area contributed by atoms with Crippen molar-refractivity contribution in [2.75, 3.05) is 20.2 Å². The second-order valence-corrected chi connectivity index (χ2v) is 9.91. The van der Waals surface area contributed by atoms with E-state index in [1.165, 1.54) is 33.1 Å². The van der Waals surface area contributed by atoms with Crippen LogP contribution in [0.3, 0.4) is 0 Å². The molecule has 1 saturated heterocycles. The average Bonchev–Trinajstić information content (AvgIpc) is 3.37. The summed E-state index contributed by atoms with van der Waals surface area (Å²) in [6, 6.07) is 5.98. The van der Waals surface area contributed by atoms with E-state index in [1.54, 1.807) is 24.0 Å². The molecule has 2 aliphatic heterocycles. The normalized spacial score (nSPS) is 18.3. The van der Waals surface area contributed by atoms with Crippen LogP contribution in [0.2, 0.25) is 0 Å². The number of oxime groups is 1. The molecule has 0 saturated carbocycles. The Morgan fingerprint density at radius 1 is 1.24 bits per heavy atom. The van der Waals surface area contributed by atoms with Gasteiger partial charge in [0.25, 0.3) is 11.8 Å². The fourth-order valence-corrected chi connectivity index (χ4v) is 4.58. The lowest BCUT2D eigenvalue weighted by Crippen LogP contribution is -2.49. The minimum Gasteiger partial charge on any atom is -0.494 e. The molecule has 1 fully saturated rings. The maximum atomic E-state index is 13.6. The van der Waals surface area contributed by atoms with Gasteiger partial charge in [-0.15, -0.1) is 0 Å². The monoisotopic (exact) mass is 513 g/mol. The van der Waals surface area contributed by atoms with Gasteiger partial charge in [0, 0.05) is 32.0 Å². The molecule has 37 heavy (non-hydrogen) atoms. The Labute approximate surface area is 214 Å². The number of carbonyl (C=O) groups is 2. The number of ether oxygens (including phenoxy) is 1. The highest BCUT2D eigenvalue weighted by atomic mass is 19.1. The van der Waals surface area contributed by atoms with Crippen LogP contribution >= 0.6 is 0 Å². The number of aryl methyl sites for hydroxylation is 1. The number of hydrogen-bond donors (Lipinski definition) is 2. The van der Waals surface area contributed by atoms with E-state index >= 15 is 0 Å². The van der Waals surface area contributed by atoms with Crippen LogP contribution in [0.15, 0.2) is 29.4 Å². The van der Waals surface area contributed by atoms with Crippen LogP contribution in [0.5, 0.6) is 5.75 Å². The highest BCUT2D eigenvalue weighted by Crippen LogP contribution is 2.30. The third kappa shape index (κ3) is 6.22. The van der Waals surface area contributed by atoms with Crippen LogP contribution in [-0.2, 0) is 16.2 Å². The number of hydrogen-bond acceptors (Lipinski definition) is 8. The first-order valence-corrected chi connectivity index (χ1v) is 12.3. The zero-order valence-electron chi connectivity index (χ0n) is 21.5. The van der Waals surface area contributed by atoms with E-state index in [2.05, 4.69) is 20.4 Å². The number of piperidine rings is 1. The Balaban J connectivity index is 1.36. The Hall–Kier alpha value is -3.60. The molecule has 198 valence electrons. The SMILES string of the molecule is COc1cc(CNC(=O)c2cc(C3=NOC(C4CCN(C(=O)C(C)(C)O)CC4)C3)nc(C)n2)ccc1F. The van der Waals surface area contributed by atoms with Crippen molar-refractivity contribution < 1.29 is 28.7 Å². The van der Waals surface area contributed by atoms with Crippen molar-refractivity contribution in [1.29, 1.82) is 0 Å². The molecule has 2 N–H and O–H groups in total. The summed E-state index contributed by atoms with van der Waals surface area (Å²) in [7, 11) is 1.38. The largest absolute Gasteiger partial charge is 0.494 e. The highest BCUT2D eigenvalue weighted by Gasteiger charge is 2.37. The maximum absolute atomic E-state index is 13.6. The number of nitrogens with zero attached hydrogens (tertiary/aromatic N) is 4. The Morgan fingerprint density at radius 3 is 2.65 bits per heavy atom. The molecule has 3 heterocycles. The molecular formula is C26H32FN5O5. The number of rotatable bonds is 7. The van der Waals surface area contributed by atoms with E-state index in [9.17, 15) is 19.1 Å². The molecule has 1 aromatic carbocycles. The Morgan fingerprint density at radius 2 is 1.97 bits per heavy atom. The molecule has 2 amide bonds. The molecule has 1 aromatic heterocycles. The molecule has 2 aliphatic rings. The van der Waals surface area contributed by atoms with Crippen LogP contribution < -0.4 is 10.1 Å². The molecule has 0 aliphatic carbocycles. The molecule has 0 bridgehead atoms. The quantitative estimate of drug-likeness (QED) is 0.582. The second-order valence-electron chi connectivity index (χ2n) is 9.91. The second kappa shape index (κ2) is 10.8. The lowest BCUT2D eigenvalue weighted by Gasteiger charge is -2.36. The zero-order chi connectivity index (χ0) is 26.7. The van der Waals surface area contributed by atoms with Gasteiger partial charge in [0.2, 0.25) is 0 Å². The first kappa shape index (κ1) is 26.5. The summed E-state index contributed by atoms with van der Waals surface area (Å²) in [5.74, 6) is -0.387. The van der Waals surface area contributed by atoms with E-state index in [1.807, 2.05) is 0 Å². The smallest absolute Gasteiger partial charge is 0.270 e. The Kier molecular flexibility index (Phi) is 7.72. The lowest BCUT2D eigenvalue weighted by molar-refractivity contribution is -0.150. The van der Waals surface area contributed by atoms with E-state index < -0.39 is 17.3 Å². The van der Waals surface area contributed by atoms with Gasteiger partial charge >= 0.3 is 0 Å². The van der Waals surface area contributed by atoms with Gasteiger partial charge in [0.15, 0.2) is 11.6 Å². The van der Waals surface area contributed by atoms with Crippen molar-refractivity contribution in [1.82, 2.24) is 20.2 Å². The predicted molar refractivity (Wildman–Crippen MR) is 133 cm³/mol. The van der Waals surface area contributed by atoms with Crippen LogP contribution in [0.4, 0.5) is 4.39 Å². The summed E-state index contributed by atoms with van der Waals surface area (Å²) in [5.41, 5.74) is 0.667. The molecule has 2 aromatic rings. The summed E-state index contributed by atoms with van der Waals surface area (Å²) in [5, 5.41) is 17.0. The number of aliphatic hydroxyl groups is 1. The van der Waals surface area contributed by atoms with E-state index in [0.717, 1.165) is 12.8 Å². The fourth-order valence-electron chi connectivity index (χ4n) is 4.58. The van der Waals surface area contributed by atoms with Crippen LogP contribution in [0.1, 0.15) is 60.7 Å². The van der Waals surface area contributed by atoms with Gasteiger partial charge in [0.05, 0.1) is 12.8 Å². The van der Waals surface area contributed by atoms with Crippen molar-refractivity contribution in [3.8, 4) is 5.75 Å². The van der Waals surface area contributed by atoms with E-state index in [4.69, 9.17) is 9.57 Å². The molecule has 0 spiro atoms. The van der Waals surface area contributed by atoms with Gasteiger partial charge in [-0.3, -0.25) is 9.59 Å².